The quantitative estimate of drug-likeness (QED) is 0.470. The SMILES string of the molecule is CCCCCCC/C=C/C(=O)NCCN(C)C. The second-order valence-electron chi connectivity index (χ2n) is 4.70. The highest BCUT2D eigenvalue weighted by molar-refractivity contribution is 5.87. The smallest absolute Gasteiger partial charge is 0.243 e. The summed E-state index contributed by atoms with van der Waals surface area (Å²) >= 11 is 0. The summed E-state index contributed by atoms with van der Waals surface area (Å²) < 4.78 is 0. The highest BCUT2D eigenvalue weighted by Crippen LogP contribution is 2.05. The number of nitrogens with zero attached hydrogens (tertiary/aromatic N) is 1. The lowest BCUT2D eigenvalue weighted by atomic mass is 10.1. The van der Waals surface area contributed by atoms with Crippen LogP contribution >= 0.6 is 0 Å². The number of unbranched alkanes of at least 4 members (excludes halogenated alkanes) is 5. The second kappa shape index (κ2) is 11.6. The largest absolute Gasteiger partial charge is 0.351 e. The number of allylic oxidation sites excluding steroid dienone is 1. The molecule has 0 saturated carbocycles. The van der Waals surface area contributed by atoms with E-state index in [0.29, 0.717) is 6.54 Å². The number of carbonyl (C=O) groups is 1. The first-order valence-corrected chi connectivity index (χ1v) is 6.76. The fourth-order valence-corrected chi connectivity index (χ4v) is 1.52. The van der Waals surface area contributed by atoms with Crippen LogP contribution in [0.15, 0.2) is 12.2 Å². The van der Waals surface area contributed by atoms with E-state index in [-0.39, 0.29) is 5.91 Å². The maximum atomic E-state index is 11.3. The molecule has 0 aliphatic carbocycles. The summed E-state index contributed by atoms with van der Waals surface area (Å²) in [5.74, 6) is 0.0282. The summed E-state index contributed by atoms with van der Waals surface area (Å²) in [6, 6.07) is 0. The van der Waals surface area contributed by atoms with E-state index < -0.39 is 0 Å². The molecule has 0 aromatic carbocycles. The molecule has 0 aliphatic rings. The molecule has 17 heavy (non-hydrogen) atoms. The van der Waals surface area contributed by atoms with Gasteiger partial charge < -0.3 is 10.2 Å². The molecular formula is C14H28N2O. The molecule has 0 aromatic heterocycles. The van der Waals surface area contributed by atoms with Crippen LogP contribution in [0.5, 0.6) is 0 Å². The molecule has 0 spiro atoms. The molecule has 0 aliphatic heterocycles. The summed E-state index contributed by atoms with van der Waals surface area (Å²) in [5, 5.41) is 2.86. The second-order valence-corrected chi connectivity index (χ2v) is 4.70. The molecule has 3 nitrogen and oxygen atoms in total. The predicted octanol–water partition coefficient (Wildman–Crippen LogP) is 2.58. The lowest BCUT2D eigenvalue weighted by Gasteiger charge is -2.08. The monoisotopic (exact) mass is 240 g/mol. The number of amides is 1. The van der Waals surface area contributed by atoms with Crippen LogP contribution in [0.2, 0.25) is 0 Å². The zero-order chi connectivity index (χ0) is 12.9. The van der Waals surface area contributed by atoms with Gasteiger partial charge in [-0.05, 0) is 33.0 Å². The number of carbonyl (C=O) groups excluding carboxylic acids is 1. The molecule has 0 rings (SSSR count). The topological polar surface area (TPSA) is 32.3 Å². The van der Waals surface area contributed by atoms with Crippen molar-refractivity contribution in [2.75, 3.05) is 27.2 Å². The van der Waals surface area contributed by atoms with Gasteiger partial charge in [-0.25, -0.2) is 0 Å². The van der Waals surface area contributed by atoms with E-state index in [2.05, 4.69) is 17.1 Å². The van der Waals surface area contributed by atoms with E-state index in [9.17, 15) is 4.79 Å². The van der Waals surface area contributed by atoms with Crippen molar-refractivity contribution in [3.8, 4) is 0 Å². The minimum absolute atomic E-state index is 0.0282. The van der Waals surface area contributed by atoms with Gasteiger partial charge in [-0.2, -0.15) is 0 Å². The first-order chi connectivity index (χ1) is 8.16. The summed E-state index contributed by atoms with van der Waals surface area (Å²) in [7, 11) is 4.00. The third-order valence-corrected chi connectivity index (χ3v) is 2.60. The van der Waals surface area contributed by atoms with Gasteiger partial charge >= 0.3 is 0 Å². The standard InChI is InChI=1S/C14H28N2O/c1-4-5-6-7-8-9-10-11-14(17)15-12-13-16(2)3/h10-11H,4-9,12-13H2,1-3H3,(H,15,17)/b11-10+. The van der Waals surface area contributed by atoms with E-state index >= 15 is 0 Å². The Bertz CT molecular complexity index is 212. The molecule has 0 atom stereocenters. The molecule has 1 amide bonds. The number of nitrogens with one attached hydrogen (secondary N) is 1. The van der Waals surface area contributed by atoms with E-state index in [0.717, 1.165) is 13.0 Å². The van der Waals surface area contributed by atoms with Crippen LogP contribution < -0.4 is 5.32 Å². The normalized spacial score (nSPS) is 11.3. The van der Waals surface area contributed by atoms with E-state index in [4.69, 9.17) is 0 Å². The summed E-state index contributed by atoms with van der Waals surface area (Å²) in [4.78, 5) is 13.4. The van der Waals surface area contributed by atoms with Crippen molar-refractivity contribution >= 4 is 5.91 Å². The van der Waals surface area contributed by atoms with Crippen molar-refractivity contribution in [3.63, 3.8) is 0 Å². The van der Waals surface area contributed by atoms with Crippen LogP contribution in [0.1, 0.15) is 45.4 Å². The number of rotatable bonds is 10. The first kappa shape index (κ1) is 16.2. The van der Waals surface area contributed by atoms with Gasteiger partial charge in [0.1, 0.15) is 0 Å². The molecule has 3 heteroatoms. The molecule has 0 radical (unpaired) electrons. The van der Waals surface area contributed by atoms with Gasteiger partial charge in [0.25, 0.3) is 0 Å². The Morgan fingerprint density at radius 2 is 1.88 bits per heavy atom. The van der Waals surface area contributed by atoms with Crippen molar-refractivity contribution in [2.24, 2.45) is 0 Å². The summed E-state index contributed by atoms with van der Waals surface area (Å²) in [5.41, 5.74) is 0. The van der Waals surface area contributed by atoms with Crippen LogP contribution in [0.4, 0.5) is 0 Å². The molecular weight excluding hydrogens is 212 g/mol. The Balaban J connectivity index is 3.34. The van der Waals surface area contributed by atoms with E-state index in [1.165, 1.54) is 32.1 Å². The highest BCUT2D eigenvalue weighted by Gasteiger charge is 1.94. The van der Waals surface area contributed by atoms with Gasteiger partial charge in [0, 0.05) is 13.1 Å². The fraction of sp³-hybridized carbons (Fsp3) is 0.786. The van der Waals surface area contributed by atoms with Gasteiger partial charge in [0.15, 0.2) is 0 Å². The van der Waals surface area contributed by atoms with Crippen molar-refractivity contribution < 1.29 is 4.79 Å². The summed E-state index contributed by atoms with van der Waals surface area (Å²) in [6.07, 6.45) is 11.1. The minimum atomic E-state index is 0.0282. The van der Waals surface area contributed by atoms with Crippen molar-refractivity contribution in [1.29, 1.82) is 0 Å². The Morgan fingerprint density at radius 1 is 1.18 bits per heavy atom. The van der Waals surface area contributed by atoms with E-state index in [1.807, 2.05) is 20.2 Å². The van der Waals surface area contributed by atoms with Gasteiger partial charge in [0.05, 0.1) is 0 Å². The third-order valence-electron chi connectivity index (χ3n) is 2.60. The molecule has 0 bridgehead atoms. The molecule has 0 saturated heterocycles. The Kier molecular flexibility index (Phi) is 11.1. The third kappa shape index (κ3) is 13.1. The Hall–Kier alpha value is -0.830. The molecule has 0 unspecified atom stereocenters. The lowest BCUT2D eigenvalue weighted by molar-refractivity contribution is -0.116. The maximum Gasteiger partial charge on any atom is 0.243 e. The minimum Gasteiger partial charge on any atom is -0.351 e. The molecule has 0 fully saturated rings. The number of likely N-dealkylation sites (N-methyl/N-ethyl adjacent to an activating group) is 1. The van der Waals surface area contributed by atoms with Crippen LogP contribution in [0, 0.1) is 0 Å². The molecule has 0 heterocycles. The maximum absolute atomic E-state index is 11.3. The van der Waals surface area contributed by atoms with Gasteiger partial charge in [-0.3, -0.25) is 4.79 Å². The average molecular weight is 240 g/mol. The van der Waals surface area contributed by atoms with Crippen molar-refractivity contribution in [2.45, 2.75) is 45.4 Å². The zero-order valence-electron chi connectivity index (χ0n) is 11.7. The number of hydrogen-bond acceptors (Lipinski definition) is 2. The van der Waals surface area contributed by atoms with Crippen LogP contribution in [0.3, 0.4) is 0 Å². The summed E-state index contributed by atoms with van der Waals surface area (Å²) in [6.45, 7) is 3.82. The molecule has 1 N–H and O–H groups in total. The van der Waals surface area contributed by atoms with Crippen molar-refractivity contribution in [3.05, 3.63) is 12.2 Å². The average Bonchev–Trinajstić information content (AvgIpc) is 2.27. The molecule has 0 aromatic rings. The highest BCUT2D eigenvalue weighted by atomic mass is 16.1. The lowest BCUT2D eigenvalue weighted by Crippen LogP contribution is -2.30. The van der Waals surface area contributed by atoms with E-state index in [1.54, 1.807) is 6.08 Å². The first-order valence-electron chi connectivity index (χ1n) is 6.76. The van der Waals surface area contributed by atoms with Crippen LogP contribution in [-0.2, 0) is 4.79 Å². The van der Waals surface area contributed by atoms with Gasteiger partial charge in [0.2, 0.25) is 5.91 Å². The Labute approximate surface area is 106 Å². The number of hydrogen-bond donors (Lipinski definition) is 1. The Morgan fingerprint density at radius 3 is 2.53 bits per heavy atom. The zero-order valence-corrected chi connectivity index (χ0v) is 11.7. The molecule has 100 valence electrons. The predicted molar refractivity (Wildman–Crippen MR) is 74.1 cm³/mol. The van der Waals surface area contributed by atoms with Crippen LogP contribution in [0.25, 0.3) is 0 Å². The van der Waals surface area contributed by atoms with Crippen LogP contribution in [-0.4, -0.2) is 38.0 Å². The van der Waals surface area contributed by atoms with Gasteiger partial charge in [-0.1, -0.05) is 38.7 Å². The fourth-order valence-electron chi connectivity index (χ4n) is 1.52. The van der Waals surface area contributed by atoms with Crippen molar-refractivity contribution in [1.82, 2.24) is 10.2 Å². The van der Waals surface area contributed by atoms with Gasteiger partial charge in [-0.15, -0.1) is 0 Å².